The molecule has 1 unspecified atom stereocenters. The van der Waals surface area contributed by atoms with Gasteiger partial charge in [-0.2, -0.15) is 0 Å². The first-order valence-corrected chi connectivity index (χ1v) is 14.0. The van der Waals surface area contributed by atoms with Crippen molar-refractivity contribution in [3.63, 3.8) is 0 Å². The van der Waals surface area contributed by atoms with Crippen LogP contribution in [0.25, 0.3) is 0 Å². The summed E-state index contributed by atoms with van der Waals surface area (Å²) in [6.07, 6.45) is 0.339. The second-order valence-electron chi connectivity index (χ2n) is 8.85. The number of rotatable bonds is 12. The van der Waals surface area contributed by atoms with Gasteiger partial charge in [0.05, 0.1) is 24.8 Å². The highest BCUT2D eigenvalue weighted by atomic mass is 32.2. The van der Waals surface area contributed by atoms with Gasteiger partial charge in [-0.05, 0) is 48.7 Å². The monoisotopic (exact) mass is 553 g/mol. The van der Waals surface area contributed by atoms with E-state index in [1.807, 2.05) is 38.1 Å². The zero-order valence-electron chi connectivity index (χ0n) is 22.9. The van der Waals surface area contributed by atoms with Gasteiger partial charge in [0.15, 0.2) is 0 Å². The molecule has 1 atom stereocenters. The molecule has 39 heavy (non-hydrogen) atoms. The molecule has 0 saturated heterocycles. The summed E-state index contributed by atoms with van der Waals surface area (Å²) in [6, 6.07) is 19.3. The number of nitrogens with one attached hydrogen (secondary N) is 1. The Kier molecular flexibility index (Phi) is 9.95. The molecule has 0 aliphatic carbocycles. The number of likely N-dealkylation sites (N-methyl/N-ethyl adjacent to an activating group) is 1. The van der Waals surface area contributed by atoms with Crippen LogP contribution in [0.2, 0.25) is 0 Å². The number of anilines is 1. The molecule has 10 heteroatoms. The van der Waals surface area contributed by atoms with Crippen LogP contribution in [0.3, 0.4) is 0 Å². The highest BCUT2D eigenvalue weighted by Gasteiger charge is 2.34. The highest BCUT2D eigenvalue weighted by molar-refractivity contribution is 7.92. The fourth-order valence-electron chi connectivity index (χ4n) is 4.28. The summed E-state index contributed by atoms with van der Waals surface area (Å²) in [5.74, 6) is -0.249. The fourth-order valence-corrected chi connectivity index (χ4v) is 5.72. The molecule has 0 aliphatic heterocycles. The second kappa shape index (κ2) is 13.1. The predicted octanol–water partition coefficient (Wildman–Crippen LogP) is 3.76. The zero-order valence-corrected chi connectivity index (χ0v) is 23.7. The van der Waals surface area contributed by atoms with E-state index in [4.69, 9.17) is 9.47 Å². The first-order valence-electron chi connectivity index (χ1n) is 12.5. The van der Waals surface area contributed by atoms with E-state index < -0.39 is 28.5 Å². The average Bonchev–Trinajstić information content (AvgIpc) is 2.96. The number of nitrogens with zero attached hydrogens (tertiary/aromatic N) is 2. The summed E-state index contributed by atoms with van der Waals surface area (Å²) in [6.45, 7) is 3.29. The van der Waals surface area contributed by atoms with Crippen LogP contribution in [0, 0.1) is 6.92 Å². The molecule has 0 fully saturated rings. The van der Waals surface area contributed by atoms with Gasteiger partial charge in [0.25, 0.3) is 10.0 Å². The number of sulfonamides is 1. The molecule has 0 saturated carbocycles. The summed E-state index contributed by atoms with van der Waals surface area (Å²) in [5, 5.41) is 2.62. The minimum atomic E-state index is -4.23. The van der Waals surface area contributed by atoms with E-state index in [1.54, 1.807) is 30.3 Å². The zero-order chi connectivity index (χ0) is 28.6. The fraction of sp³-hybridized carbons (Fsp3) is 0.310. The topological polar surface area (TPSA) is 105 Å². The molecule has 0 radical (unpaired) electrons. The Morgan fingerprint density at radius 3 is 2.21 bits per heavy atom. The van der Waals surface area contributed by atoms with Crippen molar-refractivity contribution in [3.05, 3.63) is 83.9 Å². The van der Waals surface area contributed by atoms with Gasteiger partial charge in [0.2, 0.25) is 11.8 Å². The van der Waals surface area contributed by atoms with Gasteiger partial charge >= 0.3 is 0 Å². The normalized spacial score (nSPS) is 11.8. The van der Waals surface area contributed by atoms with Gasteiger partial charge in [0, 0.05) is 19.7 Å². The quantitative estimate of drug-likeness (QED) is 0.366. The second-order valence-corrected chi connectivity index (χ2v) is 10.7. The van der Waals surface area contributed by atoms with Gasteiger partial charge in [-0.3, -0.25) is 13.9 Å². The lowest BCUT2D eigenvalue weighted by atomic mass is 10.1. The minimum absolute atomic E-state index is 0.00599. The van der Waals surface area contributed by atoms with E-state index in [-0.39, 0.29) is 28.8 Å². The molecule has 1 N–H and O–H groups in total. The lowest BCUT2D eigenvalue weighted by Gasteiger charge is -2.33. The summed E-state index contributed by atoms with van der Waals surface area (Å²) >= 11 is 0. The highest BCUT2D eigenvalue weighted by Crippen LogP contribution is 2.36. The first-order chi connectivity index (χ1) is 18.7. The molecule has 0 aliphatic rings. The van der Waals surface area contributed by atoms with Crippen molar-refractivity contribution in [1.82, 2.24) is 10.2 Å². The number of carbonyl (C=O) groups is 2. The third kappa shape index (κ3) is 6.69. The van der Waals surface area contributed by atoms with Crippen LogP contribution in [-0.2, 0) is 26.2 Å². The van der Waals surface area contributed by atoms with Crippen LogP contribution in [0.15, 0.2) is 77.7 Å². The van der Waals surface area contributed by atoms with Gasteiger partial charge in [-0.25, -0.2) is 8.42 Å². The van der Waals surface area contributed by atoms with E-state index >= 15 is 0 Å². The predicted molar refractivity (Wildman–Crippen MR) is 150 cm³/mol. The number of hydrogen-bond acceptors (Lipinski definition) is 6. The van der Waals surface area contributed by atoms with E-state index in [0.29, 0.717) is 12.2 Å². The number of benzene rings is 3. The minimum Gasteiger partial charge on any atom is -0.497 e. The van der Waals surface area contributed by atoms with Crippen molar-refractivity contribution in [2.45, 2.75) is 37.8 Å². The van der Waals surface area contributed by atoms with Gasteiger partial charge < -0.3 is 19.7 Å². The van der Waals surface area contributed by atoms with Crippen LogP contribution in [0.5, 0.6) is 11.5 Å². The molecular formula is C29H35N3O6S. The number of hydrogen-bond donors (Lipinski definition) is 1. The molecule has 0 spiro atoms. The van der Waals surface area contributed by atoms with E-state index in [9.17, 15) is 18.0 Å². The van der Waals surface area contributed by atoms with Gasteiger partial charge in [-0.1, -0.05) is 49.4 Å². The molecule has 3 rings (SSSR count). The number of aryl methyl sites for hydroxylation is 1. The Morgan fingerprint density at radius 1 is 0.949 bits per heavy atom. The Hall–Kier alpha value is -4.05. The van der Waals surface area contributed by atoms with E-state index in [0.717, 1.165) is 15.4 Å². The maximum Gasteiger partial charge on any atom is 0.264 e. The lowest BCUT2D eigenvalue weighted by Crippen LogP contribution is -2.51. The van der Waals surface area contributed by atoms with Crippen LogP contribution >= 0.6 is 0 Å². The first kappa shape index (κ1) is 29.5. The van der Waals surface area contributed by atoms with Crippen LogP contribution in [0.1, 0.15) is 24.5 Å². The van der Waals surface area contributed by atoms with Crippen LogP contribution in [0.4, 0.5) is 5.69 Å². The van der Waals surface area contributed by atoms with Crippen molar-refractivity contribution in [1.29, 1.82) is 0 Å². The van der Waals surface area contributed by atoms with Crippen LogP contribution in [-0.4, -0.2) is 59.0 Å². The smallest absolute Gasteiger partial charge is 0.264 e. The van der Waals surface area contributed by atoms with Crippen molar-refractivity contribution in [3.8, 4) is 11.5 Å². The van der Waals surface area contributed by atoms with Crippen molar-refractivity contribution >= 4 is 27.5 Å². The maximum absolute atomic E-state index is 14.1. The Labute approximate surface area is 230 Å². The standard InChI is InChI=1S/C29H35N3O6S/c1-6-25(29(34)30-3)31(19-22-13-11-10-12-21(22)2)28(33)20-32(39(35,36)24-14-8-7-9-15-24)26-18-23(37-4)16-17-27(26)38-5/h7-18,25H,6,19-20H2,1-5H3,(H,30,34). The molecule has 3 aromatic rings. The molecule has 3 aromatic carbocycles. The number of amides is 2. The third-order valence-corrected chi connectivity index (χ3v) is 8.27. The molecule has 0 bridgehead atoms. The van der Waals surface area contributed by atoms with Gasteiger partial charge in [0.1, 0.15) is 24.1 Å². The molecule has 9 nitrogen and oxygen atoms in total. The Bertz CT molecular complexity index is 1400. The number of methoxy groups -OCH3 is 2. The molecular weight excluding hydrogens is 518 g/mol. The molecule has 0 heterocycles. The third-order valence-electron chi connectivity index (χ3n) is 6.50. The lowest BCUT2D eigenvalue weighted by molar-refractivity contribution is -0.140. The molecule has 2 amide bonds. The summed E-state index contributed by atoms with van der Waals surface area (Å²) in [4.78, 5) is 28.3. The number of ether oxygens (including phenoxy) is 2. The van der Waals surface area contributed by atoms with Crippen molar-refractivity contribution < 1.29 is 27.5 Å². The van der Waals surface area contributed by atoms with Crippen molar-refractivity contribution in [2.24, 2.45) is 0 Å². The summed E-state index contributed by atoms with van der Waals surface area (Å²) < 4.78 is 39.8. The Balaban J connectivity index is 2.15. The maximum atomic E-state index is 14.1. The molecule has 208 valence electrons. The average molecular weight is 554 g/mol. The Morgan fingerprint density at radius 2 is 1.62 bits per heavy atom. The largest absolute Gasteiger partial charge is 0.497 e. The molecule has 0 aromatic heterocycles. The summed E-state index contributed by atoms with van der Waals surface area (Å²) in [7, 11) is 0.163. The van der Waals surface area contributed by atoms with E-state index in [1.165, 1.54) is 44.4 Å². The SMILES string of the molecule is CCC(C(=O)NC)N(Cc1ccccc1C)C(=O)CN(c1cc(OC)ccc1OC)S(=O)(=O)c1ccccc1. The van der Waals surface area contributed by atoms with Crippen LogP contribution < -0.4 is 19.1 Å². The number of carbonyl (C=O) groups excluding carboxylic acids is 2. The summed E-state index contributed by atoms with van der Waals surface area (Å²) in [5.41, 5.74) is 1.94. The van der Waals surface area contributed by atoms with Gasteiger partial charge in [-0.15, -0.1) is 0 Å². The van der Waals surface area contributed by atoms with E-state index in [2.05, 4.69) is 5.32 Å². The van der Waals surface area contributed by atoms with Crippen molar-refractivity contribution in [2.75, 3.05) is 32.1 Å².